The van der Waals surface area contributed by atoms with Gasteiger partial charge in [0.2, 0.25) is 5.91 Å². The van der Waals surface area contributed by atoms with Crippen molar-refractivity contribution in [3.05, 3.63) is 35.9 Å². The van der Waals surface area contributed by atoms with Gasteiger partial charge in [0, 0.05) is 13.0 Å². The molecule has 0 aliphatic carbocycles. The van der Waals surface area contributed by atoms with Crippen LogP contribution in [0.3, 0.4) is 0 Å². The number of hydrogen-bond donors (Lipinski definition) is 1. The molecule has 1 fully saturated rings. The summed E-state index contributed by atoms with van der Waals surface area (Å²) in [4.78, 5) is 11.3. The first kappa shape index (κ1) is 10.2. The van der Waals surface area contributed by atoms with E-state index in [0.29, 0.717) is 12.3 Å². The van der Waals surface area contributed by atoms with Gasteiger partial charge in [-0.1, -0.05) is 30.3 Å². The Hall–Kier alpha value is -1.31. The molecule has 1 aromatic carbocycles. The summed E-state index contributed by atoms with van der Waals surface area (Å²) < 4.78 is 0. The quantitative estimate of drug-likeness (QED) is 0.746. The Balaban J connectivity index is 2.04. The molecule has 0 radical (unpaired) electrons. The highest BCUT2D eigenvalue weighted by molar-refractivity contribution is 5.75. The predicted octanol–water partition coefficient (Wildman–Crippen LogP) is 2.46. The van der Waals surface area contributed by atoms with Crippen molar-refractivity contribution in [3.63, 3.8) is 0 Å². The molecule has 1 N–H and O–H groups in total. The maximum absolute atomic E-state index is 11.3. The number of amides is 1. The van der Waals surface area contributed by atoms with E-state index in [9.17, 15) is 4.79 Å². The molecular formula is C13H17NO. The van der Waals surface area contributed by atoms with E-state index in [4.69, 9.17) is 0 Å². The van der Waals surface area contributed by atoms with Crippen molar-refractivity contribution < 1.29 is 4.79 Å². The second-order valence-electron chi connectivity index (χ2n) is 4.14. The SMILES string of the molecule is O=C1CCC(c2ccccc2)CCCN1. The van der Waals surface area contributed by atoms with Crippen molar-refractivity contribution in [1.82, 2.24) is 5.32 Å². The van der Waals surface area contributed by atoms with Crippen molar-refractivity contribution in [3.8, 4) is 0 Å². The molecule has 0 aromatic heterocycles. The fourth-order valence-corrected chi connectivity index (χ4v) is 2.17. The number of nitrogens with one attached hydrogen (secondary N) is 1. The highest BCUT2D eigenvalue weighted by atomic mass is 16.1. The van der Waals surface area contributed by atoms with Crippen LogP contribution in [-0.2, 0) is 4.79 Å². The van der Waals surface area contributed by atoms with Gasteiger partial charge in [0.1, 0.15) is 0 Å². The Kier molecular flexibility index (Phi) is 3.38. The van der Waals surface area contributed by atoms with Crippen LogP contribution in [-0.4, -0.2) is 12.5 Å². The summed E-state index contributed by atoms with van der Waals surface area (Å²) in [5.74, 6) is 0.771. The van der Waals surface area contributed by atoms with Crippen LogP contribution in [0, 0.1) is 0 Å². The van der Waals surface area contributed by atoms with E-state index in [0.717, 1.165) is 19.4 Å². The third-order valence-electron chi connectivity index (χ3n) is 3.04. The summed E-state index contributed by atoms with van der Waals surface area (Å²) in [7, 11) is 0. The van der Waals surface area contributed by atoms with Crippen molar-refractivity contribution in [2.45, 2.75) is 31.6 Å². The van der Waals surface area contributed by atoms with Crippen LogP contribution in [0.1, 0.15) is 37.2 Å². The minimum atomic E-state index is 0.204. The van der Waals surface area contributed by atoms with E-state index >= 15 is 0 Å². The first-order chi connectivity index (χ1) is 7.36. The van der Waals surface area contributed by atoms with Gasteiger partial charge < -0.3 is 5.32 Å². The molecule has 15 heavy (non-hydrogen) atoms. The first-order valence-electron chi connectivity index (χ1n) is 5.68. The van der Waals surface area contributed by atoms with Gasteiger partial charge in [0.15, 0.2) is 0 Å². The third kappa shape index (κ3) is 2.82. The summed E-state index contributed by atoms with van der Waals surface area (Å²) in [6.45, 7) is 0.835. The maximum atomic E-state index is 11.3. The van der Waals surface area contributed by atoms with Crippen molar-refractivity contribution in [2.75, 3.05) is 6.54 Å². The van der Waals surface area contributed by atoms with Crippen LogP contribution in [0.15, 0.2) is 30.3 Å². The molecule has 1 atom stereocenters. The molecule has 1 aliphatic rings. The van der Waals surface area contributed by atoms with Crippen LogP contribution >= 0.6 is 0 Å². The van der Waals surface area contributed by atoms with Crippen LogP contribution in [0.5, 0.6) is 0 Å². The van der Waals surface area contributed by atoms with E-state index in [1.54, 1.807) is 0 Å². The molecule has 1 aliphatic heterocycles. The molecule has 1 amide bonds. The van der Waals surface area contributed by atoms with Crippen LogP contribution in [0.4, 0.5) is 0 Å². The maximum Gasteiger partial charge on any atom is 0.220 e. The zero-order valence-electron chi connectivity index (χ0n) is 8.91. The summed E-state index contributed by atoms with van der Waals surface area (Å²) in [6.07, 6.45) is 3.92. The Morgan fingerprint density at radius 1 is 1.13 bits per heavy atom. The predicted molar refractivity (Wildman–Crippen MR) is 60.7 cm³/mol. The van der Waals surface area contributed by atoms with Crippen molar-refractivity contribution >= 4 is 5.91 Å². The van der Waals surface area contributed by atoms with Gasteiger partial charge in [-0.25, -0.2) is 0 Å². The molecule has 0 saturated carbocycles. The van der Waals surface area contributed by atoms with Crippen LogP contribution in [0.2, 0.25) is 0 Å². The van der Waals surface area contributed by atoms with Gasteiger partial charge in [-0.2, -0.15) is 0 Å². The fraction of sp³-hybridized carbons (Fsp3) is 0.462. The second kappa shape index (κ2) is 4.96. The van der Waals surface area contributed by atoms with Crippen molar-refractivity contribution in [2.24, 2.45) is 0 Å². The van der Waals surface area contributed by atoms with E-state index in [1.165, 1.54) is 12.0 Å². The molecule has 0 bridgehead atoms. The molecule has 2 nitrogen and oxygen atoms in total. The fourth-order valence-electron chi connectivity index (χ4n) is 2.17. The molecule has 1 unspecified atom stereocenters. The molecule has 2 rings (SSSR count). The third-order valence-corrected chi connectivity index (χ3v) is 3.04. The molecule has 1 heterocycles. The Morgan fingerprint density at radius 3 is 2.73 bits per heavy atom. The lowest BCUT2D eigenvalue weighted by atomic mass is 9.89. The van der Waals surface area contributed by atoms with Gasteiger partial charge in [-0.15, -0.1) is 0 Å². The summed E-state index contributed by atoms with van der Waals surface area (Å²) in [5, 5.41) is 2.92. The molecule has 1 saturated heterocycles. The lowest BCUT2D eigenvalue weighted by molar-refractivity contribution is -0.121. The molecule has 1 aromatic rings. The zero-order chi connectivity index (χ0) is 10.5. The van der Waals surface area contributed by atoms with Crippen LogP contribution in [0.25, 0.3) is 0 Å². The molecular weight excluding hydrogens is 186 g/mol. The minimum absolute atomic E-state index is 0.204. The monoisotopic (exact) mass is 203 g/mol. The van der Waals surface area contributed by atoms with Gasteiger partial charge in [-0.05, 0) is 30.7 Å². The lowest BCUT2D eigenvalue weighted by Gasteiger charge is -2.20. The summed E-state index contributed by atoms with van der Waals surface area (Å²) in [5.41, 5.74) is 1.38. The van der Waals surface area contributed by atoms with Gasteiger partial charge >= 0.3 is 0 Å². The normalized spacial score (nSPS) is 22.7. The smallest absolute Gasteiger partial charge is 0.220 e. The zero-order valence-corrected chi connectivity index (χ0v) is 8.91. The number of benzene rings is 1. The largest absolute Gasteiger partial charge is 0.356 e. The average Bonchev–Trinajstić information content (AvgIpc) is 2.25. The van der Waals surface area contributed by atoms with E-state index in [2.05, 4.69) is 29.6 Å². The topological polar surface area (TPSA) is 29.1 Å². The van der Waals surface area contributed by atoms with Gasteiger partial charge in [0.25, 0.3) is 0 Å². The van der Waals surface area contributed by atoms with Crippen molar-refractivity contribution in [1.29, 1.82) is 0 Å². The highest BCUT2D eigenvalue weighted by Gasteiger charge is 2.15. The second-order valence-corrected chi connectivity index (χ2v) is 4.14. The van der Waals surface area contributed by atoms with Crippen LogP contribution < -0.4 is 5.32 Å². The minimum Gasteiger partial charge on any atom is -0.356 e. The molecule has 80 valence electrons. The Morgan fingerprint density at radius 2 is 1.93 bits per heavy atom. The number of carbonyl (C=O) groups excluding carboxylic acids is 1. The first-order valence-corrected chi connectivity index (χ1v) is 5.68. The van der Waals surface area contributed by atoms with E-state index in [1.807, 2.05) is 6.07 Å². The Labute approximate surface area is 90.7 Å². The molecule has 2 heteroatoms. The van der Waals surface area contributed by atoms with Gasteiger partial charge in [-0.3, -0.25) is 4.79 Å². The highest BCUT2D eigenvalue weighted by Crippen LogP contribution is 2.26. The summed E-state index contributed by atoms with van der Waals surface area (Å²) >= 11 is 0. The average molecular weight is 203 g/mol. The number of hydrogen-bond acceptors (Lipinski definition) is 1. The number of rotatable bonds is 1. The lowest BCUT2D eigenvalue weighted by Crippen LogP contribution is -2.27. The van der Waals surface area contributed by atoms with Gasteiger partial charge in [0.05, 0.1) is 0 Å². The summed E-state index contributed by atoms with van der Waals surface area (Å²) in [6, 6.07) is 10.5. The molecule has 0 spiro atoms. The van der Waals surface area contributed by atoms with E-state index < -0.39 is 0 Å². The standard InChI is InChI=1S/C13H17NO/c15-13-9-8-12(7-4-10-14-13)11-5-2-1-3-6-11/h1-3,5-6,12H,4,7-10H2,(H,14,15). The van der Waals surface area contributed by atoms with E-state index in [-0.39, 0.29) is 5.91 Å². The number of carbonyl (C=O) groups is 1. The Bertz CT molecular complexity index is 321.